The maximum atomic E-state index is 11.6. The van der Waals surface area contributed by atoms with Crippen LogP contribution in [0.15, 0.2) is 0 Å². The zero-order valence-corrected chi connectivity index (χ0v) is 10.5. The average molecular weight is 250 g/mol. The topological polar surface area (TPSA) is 70.2 Å². The van der Waals surface area contributed by atoms with Crippen LogP contribution in [0.5, 0.6) is 0 Å². The highest BCUT2D eigenvalue weighted by Crippen LogP contribution is 2.07. The van der Waals surface area contributed by atoms with Crippen molar-refractivity contribution in [2.75, 3.05) is 19.6 Å². The number of likely N-dealkylation sites (N-methyl/N-ethyl adjacent to an activating group) is 1. The van der Waals surface area contributed by atoms with Crippen LogP contribution in [0.25, 0.3) is 0 Å². The molecule has 0 saturated carbocycles. The molecule has 0 aliphatic carbocycles. The lowest BCUT2D eigenvalue weighted by Crippen LogP contribution is -2.47. The Hall–Kier alpha value is -0.810. The van der Waals surface area contributed by atoms with Gasteiger partial charge >= 0.3 is 0 Å². The summed E-state index contributed by atoms with van der Waals surface area (Å²) >= 11 is 0. The van der Waals surface area contributed by atoms with E-state index in [-0.39, 0.29) is 30.1 Å². The average Bonchev–Trinajstić information content (AvgIpc) is 2.70. The van der Waals surface area contributed by atoms with Gasteiger partial charge in [-0.25, -0.2) is 0 Å². The molecule has 0 aromatic carbocycles. The third-order valence-corrected chi connectivity index (χ3v) is 2.53. The predicted molar refractivity (Wildman–Crippen MR) is 64.5 cm³/mol. The molecule has 0 aromatic rings. The first kappa shape index (κ1) is 15.2. The van der Waals surface area contributed by atoms with E-state index < -0.39 is 6.04 Å². The van der Waals surface area contributed by atoms with E-state index in [1.165, 1.54) is 0 Å². The fourth-order valence-electron chi connectivity index (χ4n) is 1.60. The first-order valence-electron chi connectivity index (χ1n) is 5.44. The van der Waals surface area contributed by atoms with Gasteiger partial charge in [0.05, 0.1) is 5.92 Å². The number of carbonyl (C=O) groups is 2. The molecule has 1 heterocycles. The van der Waals surface area contributed by atoms with Crippen LogP contribution in [0, 0.1) is 5.92 Å². The fourth-order valence-corrected chi connectivity index (χ4v) is 1.60. The molecule has 5 nitrogen and oxygen atoms in total. The van der Waals surface area contributed by atoms with Crippen molar-refractivity contribution < 1.29 is 9.59 Å². The van der Waals surface area contributed by atoms with Gasteiger partial charge in [-0.15, -0.1) is 12.4 Å². The summed E-state index contributed by atoms with van der Waals surface area (Å²) in [5, 5.41) is 8.51. The molecule has 1 unspecified atom stereocenters. The molecule has 1 rings (SSSR count). The second-order valence-electron chi connectivity index (χ2n) is 3.81. The van der Waals surface area contributed by atoms with Gasteiger partial charge in [0.1, 0.15) is 6.04 Å². The molecule has 1 fully saturated rings. The first-order chi connectivity index (χ1) is 7.15. The van der Waals surface area contributed by atoms with Crippen LogP contribution in [0.1, 0.15) is 20.3 Å². The van der Waals surface area contributed by atoms with Crippen LogP contribution in [-0.4, -0.2) is 37.5 Å². The molecule has 1 aliphatic rings. The summed E-state index contributed by atoms with van der Waals surface area (Å²) in [5.74, 6) is -0.141. The molecule has 6 heteroatoms. The van der Waals surface area contributed by atoms with Crippen LogP contribution in [-0.2, 0) is 9.59 Å². The van der Waals surface area contributed by atoms with Crippen molar-refractivity contribution in [1.82, 2.24) is 16.0 Å². The molecule has 0 aromatic heterocycles. The third-order valence-electron chi connectivity index (χ3n) is 2.53. The van der Waals surface area contributed by atoms with Crippen molar-refractivity contribution >= 4 is 24.2 Å². The summed E-state index contributed by atoms with van der Waals surface area (Å²) in [6, 6.07) is -0.446. The normalized spacial score (nSPS) is 20.8. The number of halogens is 1. The van der Waals surface area contributed by atoms with Gasteiger partial charge in [0.2, 0.25) is 11.8 Å². The number of rotatable bonds is 4. The maximum Gasteiger partial charge on any atom is 0.242 e. The molecule has 16 heavy (non-hydrogen) atoms. The van der Waals surface area contributed by atoms with Crippen LogP contribution in [0.3, 0.4) is 0 Å². The van der Waals surface area contributed by atoms with Gasteiger partial charge in [0.15, 0.2) is 0 Å². The molecule has 2 amide bonds. The highest BCUT2D eigenvalue weighted by Gasteiger charge is 2.24. The Bertz CT molecular complexity index is 242. The Morgan fingerprint density at radius 2 is 2.19 bits per heavy atom. The second-order valence-corrected chi connectivity index (χ2v) is 3.81. The highest BCUT2D eigenvalue weighted by atomic mass is 35.5. The smallest absolute Gasteiger partial charge is 0.242 e. The summed E-state index contributed by atoms with van der Waals surface area (Å²) in [6.45, 7) is 5.74. The Labute approximate surface area is 102 Å². The first-order valence-corrected chi connectivity index (χ1v) is 5.44. The lowest BCUT2D eigenvalue weighted by molar-refractivity contribution is -0.130. The van der Waals surface area contributed by atoms with Crippen LogP contribution >= 0.6 is 12.4 Å². The van der Waals surface area contributed by atoms with Gasteiger partial charge in [-0.1, -0.05) is 0 Å². The largest absolute Gasteiger partial charge is 0.355 e. The Kier molecular flexibility index (Phi) is 7.08. The number of hydrogen-bond acceptors (Lipinski definition) is 3. The van der Waals surface area contributed by atoms with E-state index in [1.807, 2.05) is 6.92 Å². The van der Waals surface area contributed by atoms with Crippen molar-refractivity contribution in [1.29, 1.82) is 0 Å². The summed E-state index contributed by atoms with van der Waals surface area (Å²) in [7, 11) is 0. The molecule has 3 N–H and O–H groups in total. The van der Waals surface area contributed by atoms with E-state index >= 15 is 0 Å². The number of hydrogen-bond donors (Lipinski definition) is 3. The molecule has 0 radical (unpaired) electrons. The zero-order chi connectivity index (χ0) is 11.3. The molecule has 0 bridgehead atoms. The van der Waals surface area contributed by atoms with Gasteiger partial charge in [-0.05, 0) is 26.8 Å². The van der Waals surface area contributed by atoms with Gasteiger partial charge in [0.25, 0.3) is 0 Å². The minimum atomic E-state index is -0.446. The molecule has 0 spiro atoms. The standard InChI is InChI=1S/C10H19N3O2.ClH/c1-3-12-9(14)7(2)13-10(15)8-4-5-11-6-8;/h7-8,11H,3-6H2,1-2H3,(H,12,14)(H,13,15);1H/t7?,8-;/m1./s1. The van der Waals surface area contributed by atoms with E-state index in [0.29, 0.717) is 13.1 Å². The van der Waals surface area contributed by atoms with Crippen molar-refractivity contribution in [3.63, 3.8) is 0 Å². The van der Waals surface area contributed by atoms with Crippen molar-refractivity contribution in [2.45, 2.75) is 26.3 Å². The number of amides is 2. The van der Waals surface area contributed by atoms with E-state index in [0.717, 1.165) is 13.0 Å². The Morgan fingerprint density at radius 1 is 1.50 bits per heavy atom. The van der Waals surface area contributed by atoms with E-state index in [4.69, 9.17) is 0 Å². The van der Waals surface area contributed by atoms with Gasteiger partial charge < -0.3 is 16.0 Å². The van der Waals surface area contributed by atoms with E-state index in [1.54, 1.807) is 6.92 Å². The summed E-state index contributed by atoms with van der Waals surface area (Å²) in [6.07, 6.45) is 0.855. The Balaban J connectivity index is 0.00000225. The molecule has 94 valence electrons. The summed E-state index contributed by atoms with van der Waals surface area (Å²) < 4.78 is 0. The lowest BCUT2D eigenvalue weighted by Gasteiger charge is -2.15. The predicted octanol–water partition coefficient (Wildman–Crippen LogP) is -0.341. The summed E-state index contributed by atoms with van der Waals surface area (Å²) in [5.41, 5.74) is 0. The highest BCUT2D eigenvalue weighted by molar-refractivity contribution is 5.88. The molecule has 1 aliphatic heterocycles. The fraction of sp³-hybridized carbons (Fsp3) is 0.800. The van der Waals surface area contributed by atoms with Crippen molar-refractivity contribution in [3.05, 3.63) is 0 Å². The van der Waals surface area contributed by atoms with Crippen LogP contribution in [0.2, 0.25) is 0 Å². The number of nitrogens with one attached hydrogen (secondary N) is 3. The second kappa shape index (κ2) is 7.46. The van der Waals surface area contributed by atoms with Gasteiger partial charge in [-0.2, -0.15) is 0 Å². The maximum absolute atomic E-state index is 11.6. The van der Waals surface area contributed by atoms with Gasteiger partial charge in [-0.3, -0.25) is 9.59 Å². The van der Waals surface area contributed by atoms with Crippen LogP contribution < -0.4 is 16.0 Å². The lowest BCUT2D eigenvalue weighted by atomic mass is 10.1. The minimum absolute atomic E-state index is 0. The van der Waals surface area contributed by atoms with Crippen LogP contribution in [0.4, 0.5) is 0 Å². The van der Waals surface area contributed by atoms with Crippen molar-refractivity contribution in [2.24, 2.45) is 5.92 Å². The van der Waals surface area contributed by atoms with E-state index in [2.05, 4.69) is 16.0 Å². The molecule has 2 atom stereocenters. The minimum Gasteiger partial charge on any atom is -0.355 e. The molecular weight excluding hydrogens is 230 g/mol. The summed E-state index contributed by atoms with van der Waals surface area (Å²) in [4.78, 5) is 23.0. The van der Waals surface area contributed by atoms with Crippen molar-refractivity contribution in [3.8, 4) is 0 Å². The molecular formula is C10H20ClN3O2. The quantitative estimate of drug-likeness (QED) is 0.639. The number of carbonyl (C=O) groups excluding carboxylic acids is 2. The zero-order valence-electron chi connectivity index (χ0n) is 9.71. The third kappa shape index (κ3) is 4.37. The van der Waals surface area contributed by atoms with Gasteiger partial charge in [0, 0.05) is 13.1 Å². The Morgan fingerprint density at radius 3 is 2.69 bits per heavy atom. The SMILES string of the molecule is CCNC(=O)C(C)NC(=O)[C@@H]1CCNC1.Cl. The monoisotopic (exact) mass is 249 g/mol. The molecule has 1 saturated heterocycles. The van der Waals surface area contributed by atoms with E-state index in [9.17, 15) is 9.59 Å².